The molecular formula is C30H23BrN4O. The normalized spacial score (nSPS) is 15.2. The number of ether oxygens (including phenoxy) is 1. The lowest BCUT2D eigenvalue weighted by Crippen LogP contribution is -2.21. The molecule has 0 fully saturated rings. The molecule has 0 bridgehead atoms. The van der Waals surface area contributed by atoms with Crippen LogP contribution in [0.4, 0.5) is 5.95 Å². The van der Waals surface area contributed by atoms with E-state index in [9.17, 15) is 0 Å². The van der Waals surface area contributed by atoms with Crippen molar-refractivity contribution in [2.75, 3.05) is 12.1 Å². The Morgan fingerprint density at radius 1 is 0.806 bits per heavy atom. The van der Waals surface area contributed by atoms with E-state index in [2.05, 4.69) is 64.5 Å². The van der Waals surface area contributed by atoms with Crippen LogP contribution in [0.3, 0.4) is 0 Å². The highest BCUT2D eigenvalue weighted by Gasteiger charge is 2.32. The van der Waals surface area contributed by atoms with E-state index < -0.39 is 0 Å². The summed E-state index contributed by atoms with van der Waals surface area (Å²) in [6.45, 7) is 0. The van der Waals surface area contributed by atoms with Crippen molar-refractivity contribution < 1.29 is 4.74 Å². The number of methoxy groups -OCH3 is 1. The van der Waals surface area contributed by atoms with Gasteiger partial charge in [-0.2, -0.15) is 5.10 Å². The van der Waals surface area contributed by atoms with Gasteiger partial charge in [0.15, 0.2) is 0 Å². The number of hydrazone groups is 1. The minimum Gasteiger partial charge on any atom is -0.497 e. The van der Waals surface area contributed by atoms with Crippen molar-refractivity contribution in [1.29, 1.82) is 0 Å². The summed E-state index contributed by atoms with van der Waals surface area (Å²) in [4.78, 5) is 10.1. The Hall–Kier alpha value is -4.03. The number of halogens is 1. The first-order valence-electron chi connectivity index (χ1n) is 11.8. The van der Waals surface area contributed by atoms with Gasteiger partial charge in [-0.15, -0.1) is 0 Å². The molecule has 1 aliphatic rings. The van der Waals surface area contributed by atoms with Crippen LogP contribution in [0.1, 0.15) is 23.6 Å². The highest BCUT2D eigenvalue weighted by Crippen LogP contribution is 2.38. The highest BCUT2D eigenvalue weighted by molar-refractivity contribution is 9.10. The minimum atomic E-state index is -0.0379. The second-order valence-corrected chi connectivity index (χ2v) is 9.57. The maximum atomic E-state index is 5.46. The van der Waals surface area contributed by atoms with Gasteiger partial charge < -0.3 is 4.74 Å². The third kappa shape index (κ3) is 4.25. The van der Waals surface area contributed by atoms with Crippen molar-refractivity contribution >= 4 is 38.5 Å². The fourth-order valence-corrected chi connectivity index (χ4v) is 4.86. The number of aromatic nitrogens is 2. The van der Waals surface area contributed by atoms with E-state index in [4.69, 9.17) is 19.8 Å². The van der Waals surface area contributed by atoms with E-state index in [0.29, 0.717) is 5.95 Å². The number of benzene rings is 4. The molecule has 36 heavy (non-hydrogen) atoms. The Kier molecular flexibility index (Phi) is 5.95. The Morgan fingerprint density at radius 2 is 1.56 bits per heavy atom. The zero-order valence-corrected chi connectivity index (χ0v) is 21.3. The van der Waals surface area contributed by atoms with Gasteiger partial charge in [0.2, 0.25) is 5.95 Å². The van der Waals surface area contributed by atoms with E-state index in [1.807, 2.05) is 59.6 Å². The van der Waals surface area contributed by atoms with Crippen molar-refractivity contribution in [3.05, 3.63) is 119 Å². The van der Waals surface area contributed by atoms with Gasteiger partial charge in [0.05, 0.1) is 30.1 Å². The summed E-state index contributed by atoms with van der Waals surface area (Å²) in [7, 11) is 1.68. The maximum Gasteiger partial charge on any atom is 0.247 e. The van der Waals surface area contributed by atoms with E-state index in [-0.39, 0.29) is 6.04 Å². The summed E-state index contributed by atoms with van der Waals surface area (Å²) >= 11 is 3.56. The molecule has 6 rings (SSSR count). The van der Waals surface area contributed by atoms with Gasteiger partial charge in [-0.25, -0.2) is 15.0 Å². The van der Waals surface area contributed by atoms with Crippen molar-refractivity contribution in [3.8, 4) is 17.0 Å². The van der Waals surface area contributed by atoms with E-state index >= 15 is 0 Å². The van der Waals surface area contributed by atoms with Gasteiger partial charge in [-0.3, -0.25) is 0 Å². The molecule has 0 radical (unpaired) electrons. The quantitative estimate of drug-likeness (QED) is 0.235. The Bertz CT molecular complexity index is 1570. The molecule has 0 spiro atoms. The van der Waals surface area contributed by atoms with Crippen molar-refractivity contribution in [2.24, 2.45) is 5.10 Å². The molecule has 0 saturated carbocycles. The molecule has 0 N–H and O–H groups in total. The number of fused-ring (bicyclic) bond motifs is 1. The average molecular weight is 535 g/mol. The van der Waals surface area contributed by atoms with Gasteiger partial charge >= 0.3 is 0 Å². The first-order chi connectivity index (χ1) is 17.7. The fourth-order valence-electron chi connectivity index (χ4n) is 4.60. The first kappa shape index (κ1) is 22.4. The van der Waals surface area contributed by atoms with Crippen molar-refractivity contribution in [1.82, 2.24) is 9.97 Å². The molecule has 0 aliphatic carbocycles. The SMILES string of the molecule is COc1cccc(C2=NN(c3nc(-c4ccccc4)c4ccccc4n3)[C@@H](c3ccc(Br)cc3)C2)c1. The van der Waals surface area contributed by atoms with Crippen LogP contribution in [0.15, 0.2) is 113 Å². The lowest BCUT2D eigenvalue weighted by molar-refractivity contribution is 0.414. The number of rotatable bonds is 5. The smallest absolute Gasteiger partial charge is 0.247 e. The van der Waals surface area contributed by atoms with Gasteiger partial charge in [-0.05, 0) is 35.9 Å². The third-order valence-electron chi connectivity index (χ3n) is 6.41. The van der Waals surface area contributed by atoms with Crippen LogP contribution < -0.4 is 9.75 Å². The lowest BCUT2D eigenvalue weighted by atomic mass is 9.98. The van der Waals surface area contributed by atoms with Crippen LogP contribution in [0.2, 0.25) is 0 Å². The molecule has 1 aliphatic heterocycles. The van der Waals surface area contributed by atoms with Crippen molar-refractivity contribution in [2.45, 2.75) is 12.5 Å². The third-order valence-corrected chi connectivity index (χ3v) is 6.94. The molecule has 2 heterocycles. The summed E-state index contributed by atoms with van der Waals surface area (Å²) in [5.74, 6) is 1.39. The zero-order valence-electron chi connectivity index (χ0n) is 19.7. The number of anilines is 1. The number of nitrogens with zero attached hydrogens (tertiary/aromatic N) is 4. The Morgan fingerprint density at radius 3 is 2.36 bits per heavy atom. The summed E-state index contributed by atoms with van der Waals surface area (Å²) in [6.07, 6.45) is 0.728. The van der Waals surface area contributed by atoms with Gasteiger partial charge in [-0.1, -0.05) is 88.7 Å². The summed E-state index contributed by atoms with van der Waals surface area (Å²) in [5.41, 5.74) is 5.99. The van der Waals surface area contributed by atoms with Crippen LogP contribution >= 0.6 is 15.9 Å². The van der Waals surface area contributed by atoms with Gasteiger partial charge in [0, 0.05) is 27.4 Å². The molecule has 0 amide bonds. The Balaban J connectivity index is 1.52. The predicted octanol–water partition coefficient (Wildman–Crippen LogP) is 7.42. The van der Waals surface area contributed by atoms with E-state index in [1.165, 1.54) is 0 Å². The largest absolute Gasteiger partial charge is 0.497 e. The molecular weight excluding hydrogens is 512 g/mol. The second-order valence-electron chi connectivity index (χ2n) is 8.65. The standard InChI is InChI=1S/C30H23BrN4O/c1-36-24-11-7-10-22(18-24)27-19-28(20-14-16-23(31)17-15-20)35(34-27)30-32-26-13-6-5-12-25(26)29(33-30)21-8-3-2-4-9-21/h2-18,28H,19H2,1H3/t28-/m1/s1. The maximum absolute atomic E-state index is 5.46. The molecule has 176 valence electrons. The number of hydrogen-bond acceptors (Lipinski definition) is 5. The molecule has 0 saturated heterocycles. The molecule has 4 aromatic carbocycles. The second kappa shape index (κ2) is 9.55. The number of para-hydroxylation sites is 1. The van der Waals surface area contributed by atoms with E-state index in [1.54, 1.807) is 7.11 Å². The van der Waals surface area contributed by atoms with Crippen LogP contribution in [0.25, 0.3) is 22.2 Å². The van der Waals surface area contributed by atoms with Gasteiger partial charge in [0.25, 0.3) is 0 Å². The first-order valence-corrected chi connectivity index (χ1v) is 12.6. The predicted molar refractivity (Wildman–Crippen MR) is 148 cm³/mol. The fraction of sp³-hybridized carbons (Fsp3) is 0.100. The topological polar surface area (TPSA) is 50.6 Å². The molecule has 5 aromatic rings. The lowest BCUT2D eigenvalue weighted by Gasteiger charge is -2.23. The monoisotopic (exact) mass is 534 g/mol. The molecule has 1 aromatic heterocycles. The Labute approximate surface area is 218 Å². The van der Waals surface area contributed by atoms with Crippen LogP contribution in [-0.4, -0.2) is 22.8 Å². The highest BCUT2D eigenvalue weighted by atomic mass is 79.9. The summed E-state index contributed by atoms with van der Waals surface area (Å²) < 4.78 is 6.50. The van der Waals surface area contributed by atoms with Crippen LogP contribution in [0.5, 0.6) is 5.75 Å². The van der Waals surface area contributed by atoms with Crippen LogP contribution in [-0.2, 0) is 0 Å². The van der Waals surface area contributed by atoms with Crippen LogP contribution in [0, 0.1) is 0 Å². The summed E-state index contributed by atoms with van der Waals surface area (Å²) in [5, 5.41) is 8.07. The average Bonchev–Trinajstić information content (AvgIpc) is 3.39. The minimum absolute atomic E-state index is 0.0379. The van der Waals surface area contributed by atoms with Gasteiger partial charge in [0.1, 0.15) is 5.75 Å². The molecule has 1 atom stereocenters. The molecule has 6 heteroatoms. The zero-order chi connectivity index (χ0) is 24.5. The van der Waals surface area contributed by atoms with E-state index in [0.717, 1.165) is 55.6 Å². The molecule has 5 nitrogen and oxygen atoms in total. The number of hydrogen-bond donors (Lipinski definition) is 0. The molecule has 0 unspecified atom stereocenters. The van der Waals surface area contributed by atoms with Crippen molar-refractivity contribution in [3.63, 3.8) is 0 Å². The summed E-state index contributed by atoms with van der Waals surface area (Å²) in [6, 6.07) is 34.8.